The number of hydrogen-bond acceptors (Lipinski definition) is 1. The first-order chi connectivity index (χ1) is 21.8. The average molecular weight is 558 g/mol. The Morgan fingerprint density at radius 1 is 0.318 bits per heavy atom. The van der Waals surface area contributed by atoms with Gasteiger partial charge in [0.25, 0.3) is 0 Å². The van der Waals surface area contributed by atoms with Gasteiger partial charge in [-0.25, -0.2) is 0 Å². The van der Waals surface area contributed by atoms with Crippen molar-refractivity contribution in [3.8, 4) is 0 Å². The molecule has 0 aliphatic rings. The van der Waals surface area contributed by atoms with E-state index in [9.17, 15) is 0 Å². The molecule has 0 radical (unpaired) electrons. The molecule has 1 heteroatoms. The fourth-order valence-electron chi connectivity index (χ4n) is 7.92. The smallest absolute Gasteiger partial charge is 0.0540 e. The molecule has 44 heavy (non-hydrogen) atoms. The molecule has 0 unspecified atom stereocenters. The minimum absolute atomic E-state index is 1.15. The van der Waals surface area contributed by atoms with Crippen molar-refractivity contribution in [1.29, 1.82) is 0 Å². The highest BCUT2D eigenvalue weighted by Gasteiger charge is 2.21. The maximum Gasteiger partial charge on any atom is 0.0540 e. The predicted molar refractivity (Wildman–Crippen MR) is 191 cm³/mol. The maximum absolute atomic E-state index is 2.40. The number of benzene rings is 10. The Morgan fingerprint density at radius 2 is 0.773 bits per heavy atom. The number of anilines is 3. The van der Waals surface area contributed by atoms with Crippen molar-refractivity contribution >= 4 is 92.5 Å². The van der Waals surface area contributed by atoms with E-state index in [2.05, 4.69) is 157 Å². The zero-order chi connectivity index (χ0) is 28.9. The lowest BCUT2D eigenvalue weighted by Crippen LogP contribution is -2.10. The number of rotatable bonds is 3. The first-order valence-corrected chi connectivity index (χ1v) is 15.4. The van der Waals surface area contributed by atoms with E-state index in [1.54, 1.807) is 0 Å². The molecule has 0 bridgehead atoms. The van der Waals surface area contributed by atoms with Gasteiger partial charge in [0, 0.05) is 16.8 Å². The van der Waals surface area contributed by atoms with E-state index in [1.807, 2.05) is 0 Å². The van der Waals surface area contributed by atoms with Crippen LogP contribution in [0.3, 0.4) is 0 Å². The van der Waals surface area contributed by atoms with Crippen LogP contribution in [0, 0.1) is 6.92 Å². The van der Waals surface area contributed by atoms with Crippen molar-refractivity contribution in [2.24, 2.45) is 0 Å². The fraction of sp³-hybridized carbons (Fsp3) is 0.0233. The van der Waals surface area contributed by atoms with Gasteiger partial charge in [-0.1, -0.05) is 121 Å². The van der Waals surface area contributed by atoms with Crippen LogP contribution >= 0.6 is 0 Å². The van der Waals surface area contributed by atoms with Crippen LogP contribution in [0.1, 0.15) is 5.56 Å². The molecule has 10 rings (SSSR count). The largest absolute Gasteiger partial charge is 0.310 e. The van der Waals surface area contributed by atoms with Gasteiger partial charge in [0.05, 0.1) is 5.69 Å². The molecule has 10 aromatic carbocycles. The highest BCUT2D eigenvalue weighted by molar-refractivity contribution is 6.42. The van der Waals surface area contributed by atoms with Gasteiger partial charge < -0.3 is 4.90 Å². The van der Waals surface area contributed by atoms with Crippen LogP contribution in [-0.4, -0.2) is 0 Å². The lowest BCUT2D eigenvalue weighted by Gasteiger charge is -2.28. The van der Waals surface area contributed by atoms with Crippen LogP contribution in [-0.2, 0) is 0 Å². The Morgan fingerprint density at radius 3 is 1.39 bits per heavy atom. The van der Waals surface area contributed by atoms with Gasteiger partial charge in [-0.05, 0) is 107 Å². The predicted octanol–water partition coefficient (Wildman–Crippen LogP) is 12.4. The molecular weight excluding hydrogens is 530 g/mol. The molecule has 0 aliphatic heterocycles. The Labute approximate surface area is 254 Å². The third kappa shape index (κ3) is 3.08. The normalized spacial score (nSPS) is 12.2. The molecule has 0 aromatic heterocycles. The summed E-state index contributed by atoms with van der Waals surface area (Å²) >= 11 is 0. The second-order valence-corrected chi connectivity index (χ2v) is 12.1. The second kappa shape index (κ2) is 8.69. The van der Waals surface area contributed by atoms with Crippen molar-refractivity contribution in [3.05, 3.63) is 151 Å². The van der Waals surface area contributed by atoms with Crippen LogP contribution in [0.5, 0.6) is 0 Å². The zero-order valence-corrected chi connectivity index (χ0v) is 24.3. The summed E-state index contributed by atoms with van der Waals surface area (Å²) in [4.78, 5) is 2.40. The van der Waals surface area contributed by atoms with E-state index in [4.69, 9.17) is 0 Å². The molecule has 0 spiro atoms. The molecule has 0 saturated heterocycles. The lowest BCUT2D eigenvalue weighted by atomic mass is 9.84. The lowest BCUT2D eigenvalue weighted by molar-refractivity contribution is 1.29. The van der Waals surface area contributed by atoms with Gasteiger partial charge in [0.1, 0.15) is 0 Å². The molecule has 0 aliphatic carbocycles. The van der Waals surface area contributed by atoms with Crippen LogP contribution in [0.25, 0.3) is 75.4 Å². The number of fused-ring (bicyclic) bond motifs is 4. The monoisotopic (exact) mass is 557 g/mol. The van der Waals surface area contributed by atoms with Gasteiger partial charge in [-0.15, -0.1) is 0 Å². The number of aryl methyl sites for hydroxylation is 1. The van der Waals surface area contributed by atoms with Crippen molar-refractivity contribution in [3.63, 3.8) is 0 Å². The Kier molecular flexibility index (Phi) is 4.71. The van der Waals surface area contributed by atoms with Gasteiger partial charge in [0.15, 0.2) is 0 Å². The van der Waals surface area contributed by atoms with Crippen LogP contribution in [0.4, 0.5) is 17.1 Å². The number of hydrogen-bond donors (Lipinski definition) is 0. The molecule has 10 aromatic rings. The topological polar surface area (TPSA) is 3.24 Å². The average Bonchev–Trinajstić information content (AvgIpc) is 3.08. The maximum atomic E-state index is 2.40. The zero-order valence-electron chi connectivity index (χ0n) is 24.3. The molecule has 0 atom stereocenters. The van der Waals surface area contributed by atoms with Gasteiger partial charge in [0.2, 0.25) is 0 Å². The van der Waals surface area contributed by atoms with E-state index in [1.165, 1.54) is 86.7 Å². The highest BCUT2D eigenvalue weighted by atomic mass is 15.1. The number of para-hydroxylation sites is 1. The summed E-state index contributed by atoms with van der Waals surface area (Å²) in [5.41, 5.74) is 4.76. The molecule has 0 amide bonds. The second-order valence-electron chi connectivity index (χ2n) is 12.1. The summed E-state index contributed by atoms with van der Waals surface area (Å²) in [5, 5.41) is 18.6. The molecule has 1 nitrogen and oxygen atoms in total. The standard InChI is InChI=1S/C43H27N/c1-26-16-18-29(19-17-26)44(28-10-3-2-4-11-28)39-25-24-33-37-23-21-35-31-13-6-9-27-8-5-12-30(40(27)31)34-20-22-36(43(37)42(34)35)32-14-7-15-38(39)41(32)33/h2-25H,1H3. The summed E-state index contributed by atoms with van der Waals surface area (Å²) in [6.45, 7) is 2.14. The molecule has 204 valence electrons. The summed E-state index contributed by atoms with van der Waals surface area (Å²) < 4.78 is 0. The third-order valence-electron chi connectivity index (χ3n) is 9.79. The molecule has 0 N–H and O–H groups in total. The van der Waals surface area contributed by atoms with E-state index in [-0.39, 0.29) is 0 Å². The van der Waals surface area contributed by atoms with E-state index in [0.29, 0.717) is 0 Å². The van der Waals surface area contributed by atoms with Gasteiger partial charge in [-0.3, -0.25) is 0 Å². The molecule has 0 fully saturated rings. The van der Waals surface area contributed by atoms with E-state index < -0.39 is 0 Å². The van der Waals surface area contributed by atoms with Gasteiger partial charge >= 0.3 is 0 Å². The quantitative estimate of drug-likeness (QED) is 0.154. The summed E-state index contributed by atoms with van der Waals surface area (Å²) in [5.74, 6) is 0. The van der Waals surface area contributed by atoms with Crippen LogP contribution in [0.15, 0.2) is 146 Å². The third-order valence-corrected chi connectivity index (χ3v) is 9.79. The molecule has 0 heterocycles. The minimum Gasteiger partial charge on any atom is -0.310 e. The first kappa shape index (κ1) is 23.9. The molecule has 0 saturated carbocycles. The van der Waals surface area contributed by atoms with E-state index >= 15 is 0 Å². The SMILES string of the molecule is Cc1ccc(N(c2ccccc2)c2ccc3c4ccc5c6cccc7cccc(c8ccc(c9cccc2c93)c4c85)c76)cc1. The van der Waals surface area contributed by atoms with Gasteiger partial charge in [-0.2, -0.15) is 0 Å². The Bertz CT molecular complexity index is 2600. The van der Waals surface area contributed by atoms with Crippen LogP contribution in [0.2, 0.25) is 0 Å². The Balaban J connectivity index is 1.35. The van der Waals surface area contributed by atoms with Crippen molar-refractivity contribution in [2.45, 2.75) is 6.92 Å². The summed E-state index contributed by atoms with van der Waals surface area (Å²) in [6, 6.07) is 54.1. The molecular formula is C43H27N. The first-order valence-electron chi connectivity index (χ1n) is 15.4. The fourth-order valence-corrected chi connectivity index (χ4v) is 7.92. The highest BCUT2D eigenvalue weighted by Crippen LogP contribution is 2.49. The summed E-state index contributed by atoms with van der Waals surface area (Å²) in [7, 11) is 0. The van der Waals surface area contributed by atoms with Crippen molar-refractivity contribution < 1.29 is 0 Å². The van der Waals surface area contributed by atoms with Crippen LogP contribution < -0.4 is 4.90 Å². The summed E-state index contributed by atoms with van der Waals surface area (Å²) in [6.07, 6.45) is 0. The van der Waals surface area contributed by atoms with Crippen molar-refractivity contribution in [1.82, 2.24) is 0 Å². The number of nitrogens with zero attached hydrogens (tertiary/aromatic N) is 1. The minimum atomic E-state index is 1.15. The Hall–Kier alpha value is -5.66. The van der Waals surface area contributed by atoms with Crippen molar-refractivity contribution in [2.75, 3.05) is 4.90 Å². The van der Waals surface area contributed by atoms with E-state index in [0.717, 1.165) is 11.4 Å².